The summed E-state index contributed by atoms with van der Waals surface area (Å²) in [5, 5.41) is 26.6. The van der Waals surface area contributed by atoms with Crippen molar-refractivity contribution in [3.63, 3.8) is 0 Å². The Hall–Kier alpha value is 0.100. The Morgan fingerprint density at radius 2 is 2.20 bits per heavy atom. The van der Waals surface area contributed by atoms with Crippen molar-refractivity contribution in [3.05, 3.63) is 12.7 Å². The number of aliphatic hydroxyl groups is 3. The molecule has 0 aromatic rings. The predicted molar refractivity (Wildman–Crippen MR) is 41.8 cm³/mol. The lowest BCUT2D eigenvalue weighted by Gasteiger charge is -2.23. The van der Waals surface area contributed by atoms with E-state index in [9.17, 15) is 5.11 Å². The molecule has 3 N–H and O–H groups in total. The Kier molecular flexibility index (Phi) is 4.12. The fourth-order valence-electron chi connectivity index (χ4n) is 0.478. The van der Waals surface area contributed by atoms with Gasteiger partial charge in [-0.3, -0.25) is 0 Å². The van der Waals surface area contributed by atoms with Gasteiger partial charge in [0, 0.05) is 6.42 Å². The van der Waals surface area contributed by atoms with Crippen LogP contribution in [-0.4, -0.2) is 32.5 Å². The van der Waals surface area contributed by atoms with Crippen LogP contribution in [0.3, 0.4) is 0 Å². The highest BCUT2D eigenvalue weighted by Gasteiger charge is 2.30. The molecule has 0 radical (unpaired) electrons. The molecule has 0 aromatic carbocycles. The third-order valence-electron chi connectivity index (χ3n) is 1.11. The van der Waals surface area contributed by atoms with Gasteiger partial charge >= 0.3 is 0 Å². The first-order chi connectivity index (χ1) is 4.54. The van der Waals surface area contributed by atoms with Crippen molar-refractivity contribution in [2.24, 2.45) is 0 Å². The second-order valence-corrected chi connectivity index (χ2v) is 3.38. The van der Waals surface area contributed by atoms with Crippen LogP contribution in [0.4, 0.5) is 0 Å². The van der Waals surface area contributed by atoms with Crippen LogP contribution in [-0.2, 0) is 0 Å². The van der Waals surface area contributed by atoms with Crippen LogP contribution in [0.15, 0.2) is 12.7 Å². The first-order valence-electron chi connectivity index (χ1n) is 2.85. The number of rotatable bonds is 4. The summed E-state index contributed by atoms with van der Waals surface area (Å²) in [5.74, 6) is 0. The molecule has 2 unspecified atom stereocenters. The molecule has 0 aromatic heterocycles. The average molecular weight is 211 g/mol. The maximum atomic E-state index is 9.22. The number of halogens is 1. The minimum Gasteiger partial charge on any atom is -0.394 e. The summed E-state index contributed by atoms with van der Waals surface area (Å²) in [5.41, 5.74) is 0. The van der Waals surface area contributed by atoms with Crippen molar-refractivity contribution in [2.45, 2.75) is 17.0 Å². The smallest absolute Gasteiger partial charge is 0.150 e. The topological polar surface area (TPSA) is 60.7 Å². The van der Waals surface area contributed by atoms with Crippen molar-refractivity contribution in [1.82, 2.24) is 0 Å². The molecule has 2 atom stereocenters. The Bertz CT molecular complexity index is 114. The fourth-order valence-corrected chi connectivity index (χ4v) is 0.852. The molecule has 0 rings (SSSR count). The first kappa shape index (κ1) is 10.1. The minimum absolute atomic E-state index is 0.189. The summed E-state index contributed by atoms with van der Waals surface area (Å²) in [6.07, 6.45) is 0.466. The molecule has 60 valence electrons. The van der Waals surface area contributed by atoms with Crippen LogP contribution in [0, 0.1) is 0 Å². The monoisotopic (exact) mass is 210 g/mol. The molecule has 0 heterocycles. The molecule has 10 heavy (non-hydrogen) atoms. The van der Waals surface area contributed by atoms with E-state index in [-0.39, 0.29) is 6.42 Å². The number of hydrogen-bond donors (Lipinski definition) is 3. The van der Waals surface area contributed by atoms with E-state index in [2.05, 4.69) is 22.5 Å². The first-order valence-corrected chi connectivity index (χ1v) is 3.65. The quantitative estimate of drug-likeness (QED) is 0.453. The maximum Gasteiger partial charge on any atom is 0.150 e. The summed E-state index contributed by atoms with van der Waals surface area (Å²) in [4.78, 5) is 0. The summed E-state index contributed by atoms with van der Waals surface area (Å²) < 4.78 is -1.44. The van der Waals surface area contributed by atoms with Gasteiger partial charge < -0.3 is 15.3 Å². The second-order valence-electron chi connectivity index (χ2n) is 2.01. The fraction of sp³-hybridized carbons (Fsp3) is 0.667. The Labute approximate surface area is 68.1 Å². The van der Waals surface area contributed by atoms with E-state index in [4.69, 9.17) is 10.2 Å². The lowest BCUT2D eigenvalue weighted by molar-refractivity contribution is -0.0293. The van der Waals surface area contributed by atoms with E-state index in [0.717, 1.165) is 0 Å². The third-order valence-corrected chi connectivity index (χ3v) is 1.97. The molecule has 0 amide bonds. The van der Waals surface area contributed by atoms with E-state index in [1.807, 2.05) is 0 Å². The van der Waals surface area contributed by atoms with Gasteiger partial charge in [0.2, 0.25) is 0 Å². The molecule has 0 aliphatic rings. The zero-order chi connectivity index (χ0) is 8.20. The van der Waals surface area contributed by atoms with E-state index >= 15 is 0 Å². The van der Waals surface area contributed by atoms with Crippen molar-refractivity contribution in [3.8, 4) is 0 Å². The van der Waals surface area contributed by atoms with Gasteiger partial charge in [0.25, 0.3) is 0 Å². The molecular formula is C6H11BrO3. The normalized spacial score (nSPS) is 19.6. The van der Waals surface area contributed by atoms with Crippen molar-refractivity contribution < 1.29 is 15.3 Å². The summed E-state index contributed by atoms with van der Waals surface area (Å²) in [6, 6.07) is 0. The van der Waals surface area contributed by atoms with Gasteiger partial charge in [-0.15, -0.1) is 6.58 Å². The highest BCUT2D eigenvalue weighted by Crippen LogP contribution is 2.23. The average Bonchev–Trinajstić information content (AvgIpc) is 1.86. The van der Waals surface area contributed by atoms with Gasteiger partial charge in [-0.25, -0.2) is 0 Å². The maximum absolute atomic E-state index is 9.22. The van der Waals surface area contributed by atoms with Gasteiger partial charge in [0.15, 0.2) is 4.51 Å². The van der Waals surface area contributed by atoms with Crippen LogP contribution in [0.5, 0.6) is 0 Å². The zero-order valence-electron chi connectivity index (χ0n) is 5.50. The van der Waals surface area contributed by atoms with Gasteiger partial charge in [-0.1, -0.05) is 22.0 Å². The molecule has 0 saturated carbocycles. The predicted octanol–water partition coefficient (Wildman–Crippen LogP) is -0.000800. The Morgan fingerprint density at radius 3 is 2.50 bits per heavy atom. The summed E-state index contributed by atoms with van der Waals surface area (Å²) in [7, 11) is 0. The van der Waals surface area contributed by atoms with E-state index in [1.54, 1.807) is 0 Å². The standard InChI is InChI=1S/C6H11BrO3/c1-2-3-6(7,10)5(9)4-8/h2,5,8-10H,1,3-4H2. The van der Waals surface area contributed by atoms with Crippen LogP contribution in [0.25, 0.3) is 0 Å². The second kappa shape index (κ2) is 4.08. The van der Waals surface area contributed by atoms with Crippen LogP contribution in [0.1, 0.15) is 6.42 Å². The molecular weight excluding hydrogens is 200 g/mol. The molecule has 0 aliphatic heterocycles. The van der Waals surface area contributed by atoms with Gasteiger partial charge in [-0.2, -0.15) is 0 Å². The summed E-state index contributed by atoms with van der Waals surface area (Å²) in [6.45, 7) is 2.90. The van der Waals surface area contributed by atoms with Gasteiger partial charge in [0.1, 0.15) is 6.10 Å². The van der Waals surface area contributed by atoms with E-state index in [0.29, 0.717) is 0 Å². The highest BCUT2D eigenvalue weighted by atomic mass is 79.9. The molecule has 4 heteroatoms. The minimum atomic E-state index is -1.44. The van der Waals surface area contributed by atoms with Crippen LogP contribution in [0.2, 0.25) is 0 Å². The lowest BCUT2D eigenvalue weighted by Crippen LogP contribution is -2.38. The molecule has 0 aliphatic carbocycles. The molecule has 3 nitrogen and oxygen atoms in total. The summed E-state index contributed by atoms with van der Waals surface area (Å²) >= 11 is 2.84. The molecule has 0 saturated heterocycles. The Balaban J connectivity index is 3.94. The SMILES string of the molecule is C=CCC(O)(Br)C(O)CO. The van der Waals surface area contributed by atoms with Crippen LogP contribution < -0.4 is 0 Å². The highest BCUT2D eigenvalue weighted by molar-refractivity contribution is 9.10. The van der Waals surface area contributed by atoms with Crippen molar-refractivity contribution >= 4 is 15.9 Å². The van der Waals surface area contributed by atoms with E-state index in [1.165, 1.54) is 6.08 Å². The van der Waals surface area contributed by atoms with Gasteiger partial charge in [-0.05, 0) is 0 Å². The van der Waals surface area contributed by atoms with Crippen molar-refractivity contribution in [2.75, 3.05) is 6.61 Å². The van der Waals surface area contributed by atoms with Crippen molar-refractivity contribution in [1.29, 1.82) is 0 Å². The number of hydrogen-bond acceptors (Lipinski definition) is 3. The molecule has 0 spiro atoms. The Morgan fingerprint density at radius 1 is 1.70 bits per heavy atom. The number of aliphatic hydroxyl groups excluding tert-OH is 2. The molecule has 0 bridgehead atoms. The zero-order valence-corrected chi connectivity index (χ0v) is 7.08. The van der Waals surface area contributed by atoms with E-state index < -0.39 is 17.2 Å². The number of alkyl halides is 1. The largest absolute Gasteiger partial charge is 0.394 e. The van der Waals surface area contributed by atoms with Gasteiger partial charge in [0.05, 0.1) is 6.61 Å². The third kappa shape index (κ3) is 2.79. The lowest BCUT2D eigenvalue weighted by atomic mass is 10.1. The van der Waals surface area contributed by atoms with Crippen LogP contribution >= 0.6 is 15.9 Å². The molecule has 0 fully saturated rings.